The van der Waals surface area contributed by atoms with Crippen LogP contribution in [0.1, 0.15) is 46.0 Å². The molecule has 1 amide bonds. The minimum Gasteiger partial charge on any atom is -0.619 e. The summed E-state index contributed by atoms with van der Waals surface area (Å²) in [6.45, 7) is 2.91. The number of rotatable bonds is 12. The molecule has 2 aromatic heterocycles. The molecular formula is C37H38Cl2N4O8. The molecule has 0 aliphatic carbocycles. The van der Waals surface area contributed by atoms with E-state index in [4.69, 9.17) is 46.9 Å². The fourth-order valence-electron chi connectivity index (χ4n) is 6.55. The number of carbonyl (C=O) groups excluding carboxylic acids is 2. The van der Waals surface area contributed by atoms with Crippen LogP contribution in [0.4, 0.5) is 10.5 Å². The van der Waals surface area contributed by atoms with Gasteiger partial charge in [0.05, 0.1) is 33.4 Å². The van der Waals surface area contributed by atoms with Crippen molar-refractivity contribution in [1.29, 1.82) is 0 Å². The monoisotopic (exact) mass is 736 g/mol. The molecule has 3 aliphatic heterocycles. The summed E-state index contributed by atoms with van der Waals surface area (Å²) in [4.78, 5) is 35.5. The molecule has 2 aromatic carbocycles. The van der Waals surface area contributed by atoms with Gasteiger partial charge < -0.3 is 28.9 Å². The summed E-state index contributed by atoms with van der Waals surface area (Å²) >= 11 is 12.8. The molecule has 3 saturated heterocycles. The molecule has 3 aliphatic rings. The maximum Gasteiger partial charge on any atom is 0.415 e. The maximum atomic E-state index is 13.8. The predicted octanol–water partition coefficient (Wildman–Crippen LogP) is 6.43. The van der Waals surface area contributed by atoms with Gasteiger partial charge in [-0.2, -0.15) is 4.73 Å². The Labute approximate surface area is 305 Å². The predicted molar refractivity (Wildman–Crippen MR) is 190 cm³/mol. The molecule has 0 unspecified atom stereocenters. The number of aromatic nitrogens is 2. The Morgan fingerprint density at radius 3 is 2.31 bits per heavy atom. The number of ether oxygens (including phenoxy) is 5. The number of benzene rings is 2. The Kier molecular flexibility index (Phi) is 11.3. The van der Waals surface area contributed by atoms with Crippen molar-refractivity contribution >= 4 is 41.0 Å². The van der Waals surface area contributed by atoms with Crippen molar-refractivity contribution in [3.8, 4) is 17.4 Å². The number of halogens is 2. The van der Waals surface area contributed by atoms with Gasteiger partial charge in [0.15, 0.2) is 23.9 Å². The minimum atomic E-state index is -0.871. The Morgan fingerprint density at radius 1 is 0.980 bits per heavy atom. The molecule has 0 spiro atoms. The van der Waals surface area contributed by atoms with Crippen LogP contribution in [0, 0.1) is 11.1 Å². The van der Waals surface area contributed by atoms with Crippen molar-refractivity contribution in [3.05, 3.63) is 111 Å². The van der Waals surface area contributed by atoms with E-state index < -0.39 is 18.2 Å². The Bertz CT molecular complexity index is 1850. The largest absolute Gasteiger partial charge is 0.619 e. The summed E-state index contributed by atoms with van der Waals surface area (Å²) in [7, 11) is 4.53. The number of piperidine rings is 3. The van der Waals surface area contributed by atoms with E-state index in [0.717, 1.165) is 38.0 Å². The van der Waals surface area contributed by atoms with Crippen molar-refractivity contribution in [2.75, 3.05) is 45.9 Å². The highest BCUT2D eigenvalue weighted by molar-refractivity contribution is 6.35. The fraction of sp³-hybridized carbons (Fsp3) is 0.351. The second-order valence-corrected chi connectivity index (χ2v) is 13.2. The van der Waals surface area contributed by atoms with Gasteiger partial charge in [-0.15, -0.1) is 0 Å². The van der Waals surface area contributed by atoms with Gasteiger partial charge in [-0.3, -0.25) is 9.80 Å². The van der Waals surface area contributed by atoms with E-state index in [1.807, 2.05) is 0 Å². The van der Waals surface area contributed by atoms with Crippen LogP contribution in [0.25, 0.3) is 0 Å². The van der Waals surface area contributed by atoms with Crippen molar-refractivity contribution in [1.82, 2.24) is 9.88 Å². The lowest BCUT2D eigenvalue weighted by atomic mass is 9.86. The zero-order valence-corrected chi connectivity index (χ0v) is 29.9. The first-order valence-electron chi connectivity index (χ1n) is 16.5. The van der Waals surface area contributed by atoms with Gasteiger partial charge in [0, 0.05) is 24.7 Å². The molecule has 0 N–H and O–H groups in total. The maximum absolute atomic E-state index is 13.8. The second kappa shape index (κ2) is 16.1. The number of carbonyl (C=O) groups is 2. The lowest BCUT2D eigenvalue weighted by molar-refractivity contribution is -0.605. The minimum absolute atomic E-state index is 0.0709. The van der Waals surface area contributed by atoms with Gasteiger partial charge >= 0.3 is 12.1 Å². The summed E-state index contributed by atoms with van der Waals surface area (Å²) in [5, 5.41) is 12.1. The first-order chi connectivity index (χ1) is 24.7. The van der Waals surface area contributed by atoms with Gasteiger partial charge in [-0.05, 0) is 79.4 Å². The molecule has 14 heteroatoms. The molecule has 51 heavy (non-hydrogen) atoms. The Hall–Kier alpha value is -4.78. The van der Waals surface area contributed by atoms with E-state index in [0.29, 0.717) is 39.0 Å². The Balaban J connectivity index is 1.23. The number of fused-ring (bicyclic) bond motifs is 3. The number of esters is 1. The topological polar surface area (TPSA) is 127 Å². The summed E-state index contributed by atoms with van der Waals surface area (Å²) < 4.78 is 29.0. The fourth-order valence-corrected chi connectivity index (χ4v) is 7.15. The van der Waals surface area contributed by atoms with Crippen LogP contribution in [0.5, 0.6) is 17.4 Å². The first kappa shape index (κ1) is 36.0. The lowest BCUT2D eigenvalue weighted by Crippen LogP contribution is -2.53. The molecule has 0 radical (unpaired) electrons. The smallest absolute Gasteiger partial charge is 0.415 e. The van der Waals surface area contributed by atoms with E-state index in [1.54, 1.807) is 60.8 Å². The SMILES string of the molecule is COc1ccc([C@H](Cc2c(Cl)c[n+]([O-])cc2Cl)OC(=O)c2ccc(CN(C(=O)O[C@H]3CN4CCC3CC4)c3cccnc3OC)cc2)cc1OC. The second-order valence-electron chi connectivity index (χ2n) is 12.4. The van der Waals surface area contributed by atoms with Crippen LogP contribution in [-0.2, 0) is 22.4 Å². The van der Waals surface area contributed by atoms with Gasteiger partial charge in [0.25, 0.3) is 0 Å². The zero-order valence-electron chi connectivity index (χ0n) is 28.4. The quantitative estimate of drug-likeness (QED) is 0.0913. The highest BCUT2D eigenvalue weighted by Crippen LogP contribution is 2.36. The molecular weight excluding hydrogens is 699 g/mol. The zero-order chi connectivity index (χ0) is 36.1. The average Bonchev–Trinajstić information content (AvgIpc) is 3.15. The number of hydrogen-bond donors (Lipinski definition) is 0. The van der Waals surface area contributed by atoms with Crippen molar-refractivity contribution in [2.45, 2.75) is 38.0 Å². The number of anilines is 1. The van der Waals surface area contributed by atoms with E-state index in [-0.39, 0.29) is 40.6 Å². The number of hydrogen-bond acceptors (Lipinski definition) is 10. The third kappa shape index (κ3) is 8.24. The van der Waals surface area contributed by atoms with E-state index in [9.17, 15) is 14.8 Å². The molecule has 268 valence electrons. The summed E-state index contributed by atoms with van der Waals surface area (Å²) in [6, 6.07) is 15.4. The van der Waals surface area contributed by atoms with Gasteiger partial charge in [-0.1, -0.05) is 41.4 Å². The van der Waals surface area contributed by atoms with Crippen molar-refractivity contribution in [3.63, 3.8) is 0 Å². The summed E-state index contributed by atoms with van der Waals surface area (Å²) in [6.07, 6.45) is 4.48. The Morgan fingerprint density at radius 2 is 1.69 bits per heavy atom. The third-order valence-electron chi connectivity index (χ3n) is 9.31. The summed E-state index contributed by atoms with van der Waals surface area (Å²) in [5.74, 6) is 0.937. The molecule has 5 heterocycles. The van der Waals surface area contributed by atoms with Crippen molar-refractivity contribution < 1.29 is 38.0 Å². The normalized spacial score (nSPS) is 18.4. The first-order valence-corrected chi connectivity index (χ1v) is 17.2. The van der Waals surface area contributed by atoms with Gasteiger partial charge in [-0.25, -0.2) is 14.6 Å². The molecule has 2 bridgehead atoms. The van der Waals surface area contributed by atoms with E-state index in [1.165, 1.54) is 38.6 Å². The highest BCUT2D eigenvalue weighted by Gasteiger charge is 2.38. The van der Waals surface area contributed by atoms with E-state index in [2.05, 4.69) is 9.88 Å². The molecule has 3 fully saturated rings. The van der Waals surface area contributed by atoms with Crippen LogP contribution < -0.4 is 23.8 Å². The lowest BCUT2D eigenvalue weighted by Gasteiger charge is -2.44. The number of nitrogens with zero attached hydrogens (tertiary/aromatic N) is 4. The van der Waals surface area contributed by atoms with Crippen LogP contribution >= 0.6 is 23.2 Å². The summed E-state index contributed by atoms with van der Waals surface area (Å²) in [5.41, 5.74) is 2.49. The average molecular weight is 738 g/mol. The number of pyridine rings is 2. The van der Waals surface area contributed by atoms with Crippen molar-refractivity contribution in [2.24, 2.45) is 5.92 Å². The van der Waals surface area contributed by atoms with Gasteiger partial charge in [0.1, 0.15) is 27.9 Å². The third-order valence-corrected chi connectivity index (χ3v) is 9.96. The van der Waals surface area contributed by atoms with Gasteiger partial charge in [0.2, 0.25) is 5.88 Å². The molecule has 7 rings (SSSR count). The van der Waals surface area contributed by atoms with Crippen LogP contribution in [-0.4, -0.2) is 69.0 Å². The molecule has 0 saturated carbocycles. The number of methoxy groups -OCH3 is 3. The molecule has 4 aromatic rings. The van der Waals surface area contributed by atoms with Crippen LogP contribution in [0.3, 0.4) is 0 Å². The molecule has 12 nitrogen and oxygen atoms in total. The highest BCUT2D eigenvalue weighted by atomic mass is 35.5. The molecule has 2 atom stereocenters. The van der Waals surface area contributed by atoms with E-state index >= 15 is 0 Å². The van der Waals surface area contributed by atoms with Crippen LogP contribution in [0.15, 0.2) is 73.2 Å². The van der Waals surface area contributed by atoms with Crippen LogP contribution in [0.2, 0.25) is 10.0 Å². The number of amides is 1. The standard InChI is InChI=1S/C37H38Cl2N4O8/c1-47-31-11-10-26(17-33(31)48-2)32(18-27-28(38)20-42(46)21-29(27)39)50-36(44)25-8-6-23(7-9-25)19-43(30-5-4-14-40-35(30)49-3)37(45)51-34-22-41-15-12-24(34)13-16-41/h4-11,14,17,20-21,24,32,34H,12-13,15-16,18-19,22H2,1-3H3/t32-,34-/m0/s1.